The Kier molecular flexibility index (Phi) is 12.4. The van der Waals surface area contributed by atoms with Gasteiger partial charge in [0, 0.05) is 26.1 Å². The molecule has 0 unspecified atom stereocenters. The van der Waals surface area contributed by atoms with Crippen LogP contribution in [0.3, 0.4) is 0 Å². The van der Waals surface area contributed by atoms with Gasteiger partial charge in [-0.25, -0.2) is 8.42 Å². The van der Waals surface area contributed by atoms with E-state index in [1.54, 1.807) is 23.1 Å². The molecule has 0 aliphatic rings. The van der Waals surface area contributed by atoms with Gasteiger partial charge in [0.2, 0.25) is 21.8 Å². The molecule has 0 fully saturated rings. The summed E-state index contributed by atoms with van der Waals surface area (Å²) < 4.78 is 26.6. The van der Waals surface area contributed by atoms with Gasteiger partial charge >= 0.3 is 0 Å². The average molecular weight is 585 g/mol. The van der Waals surface area contributed by atoms with Gasteiger partial charge in [-0.2, -0.15) is 0 Å². The van der Waals surface area contributed by atoms with Gasteiger partial charge in [-0.15, -0.1) is 0 Å². The molecular formula is C28H39Cl2N3O4S. The van der Waals surface area contributed by atoms with E-state index in [0.717, 1.165) is 29.5 Å². The zero-order chi connectivity index (χ0) is 28.5. The highest BCUT2D eigenvalue weighted by molar-refractivity contribution is 7.92. The molecule has 2 aromatic carbocycles. The number of halogens is 2. The topological polar surface area (TPSA) is 86.8 Å². The van der Waals surface area contributed by atoms with E-state index in [4.69, 9.17) is 23.2 Å². The van der Waals surface area contributed by atoms with Crippen molar-refractivity contribution in [1.29, 1.82) is 0 Å². The third-order valence-electron chi connectivity index (χ3n) is 6.34. The zero-order valence-corrected chi connectivity index (χ0v) is 25.2. The number of amides is 2. The number of sulfonamides is 1. The number of nitrogens with zero attached hydrogens (tertiary/aromatic N) is 2. The van der Waals surface area contributed by atoms with E-state index in [1.165, 1.54) is 10.6 Å². The Morgan fingerprint density at radius 3 is 2.32 bits per heavy atom. The van der Waals surface area contributed by atoms with E-state index in [1.807, 2.05) is 45.9 Å². The van der Waals surface area contributed by atoms with E-state index in [2.05, 4.69) is 5.32 Å². The first kappa shape index (κ1) is 31.9. The summed E-state index contributed by atoms with van der Waals surface area (Å²) in [4.78, 5) is 28.1. The minimum absolute atomic E-state index is 0.0803. The molecule has 210 valence electrons. The van der Waals surface area contributed by atoms with Gasteiger partial charge in [-0.1, -0.05) is 61.7 Å². The van der Waals surface area contributed by atoms with Crippen LogP contribution in [-0.4, -0.2) is 50.5 Å². The second-order valence-corrected chi connectivity index (χ2v) is 12.3. The molecule has 0 aliphatic heterocycles. The average Bonchev–Trinajstić information content (AvgIpc) is 2.85. The smallest absolute Gasteiger partial charge is 0.242 e. The lowest BCUT2D eigenvalue weighted by Crippen LogP contribution is -2.49. The molecule has 7 nitrogen and oxygen atoms in total. The van der Waals surface area contributed by atoms with Gasteiger partial charge in [0.1, 0.15) is 6.04 Å². The molecule has 0 heterocycles. The van der Waals surface area contributed by atoms with Crippen molar-refractivity contribution in [2.45, 2.75) is 72.4 Å². The maximum Gasteiger partial charge on any atom is 0.242 e. The molecular weight excluding hydrogens is 545 g/mol. The summed E-state index contributed by atoms with van der Waals surface area (Å²) in [5, 5.41) is 3.71. The standard InChI is InChI=1S/C28H39Cl2N3O4S/c1-6-8-15-31-28(35)25(7-2)32(19-22-13-14-23(29)24(30)18-22)27(34)10-9-16-33(38(5,36)37)26-17-20(3)11-12-21(26)4/h11-14,17-18,25H,6-10,15-16,19H2,1-5H3,(H,31,35)/t25-/m0/s1. The number of unbranched alkanes of at least 4 members (excludes halogenated alkanes) is 1. The van der Waals surface area contributed by atoms with Gasteiger partial charge in [-0.3, -0.25) is 13.9 Å². The Bertz CT molecular complexity index is 1220. The highest BCUT2D eigenvalue weighted by atomic mass is 35.5. The lowest BCUT2D eigenvalue weighted by Gasteiger charge is -2.31. The molecule has 0 radical (unpaired) electrons. The zero-order valence-electron chi connectivity index (χ0n) is 22.9. The van der Waals surface area contributed by atoms with Crippen LogP contribution < -0.4 is 9.62 Å². The summed E-state index contributed by atoms with van der Waals surface area (Å²) in [6.45, 7) is 8.55. The summed E-state index contributed by atoms with van der Waals surface area (Å²) in [6, 6.07) is 10.1. The first-order valence-electron chi connectivity index (χ1n) is 12.9. The van der Waals surface area contributed by atoms with Crippen molar-refractivity contribution in [1.82, 2.24) is 10.2 Å². The van der Waals surface area contributed by atoms with Crippen LogP contribution >= 0.6 is 23.2 Å². The number of carbonyl (C=O) groups is 2. The molecule has 0 saturated heterocycles. The number of rotatable bonds is 14. The number of nitrogens with one attached hydrogen (secondary N) is 1. The molecule has 0 saturated carbocycles. The van der Waals surface area contributed by atoms with E-state index in [0.29, 0.717) is 35.1 Å². The maximum atomic E-state index is 13.5. The third-order valence-corrected chi connectivity index (χ3v) is 8.26. The number of hydrogen-bond acceptors (Lipinski definition) is 4. The minimum atomic E-state index is -3.56. The molecule has 1 N–H and O–H groups in total. The molecule has 38 heavy (non-hydrogen) atoms. The van der Waals surface area contributed by atoms with E-state index in [9.17, 15) is 18.0 Å². The van der Waals surface area contributed by atoms with Gasteiger partial charge in [0.15, 0.2) is 0 Å². The van der Waals surface area contributed by atoms with Crippen molar-refractivity contribution in [2.24, 2.45) is 0 Å². The lowest BCUT2D eigenvalue weighted by atomic mass is 10.1. The molecule has 1 atom stereocenters. The fraction of sp³-hybridized carbons (Fsp3) is 0.500. The van der Waals surface area contributed by atoms with Crippen LogP contribution in [0, 0.1) is 13.8 Å². The fourth-order valence-corrected chi connectivity index (χ4v) is 5.57. The number of anilines is 1. The van der Waals surface area contributed by atoms with Crippen molar-refractivity contribution >= 4 is 50.7 Å². The van der Waals surface area contributed by atoms with Crippen molar-refractivity contribution in [3.05, 3.63) is 63.1 Å². The normalized spacial score (nSPS) is 12.2. The molecule has 0 aromatic heterocycles. The van der Waals surface area contributed by atoms with Gasteiger partial charge in [0.05, 0.1) is 22.0 Å². The van der Waals surface area contributed by atoms with E-state index >= 15 is 0 Å². The highest BCUT2D eigenvalue weighted by Gasteiger charge is 2.29. The van der Waals surface area contributed by atoms with E-state index < -0.39 is 16.1 Å². The molecule has 0 spiro atoms. The van der Waals surface area contributed by atoms with Crippen LogP contribution in [0.25, 0.3) is 0 Å². The number of benzene rings is 2. The second kappa shape index (κ2) is 14.8. The molecule has 2 amide bonds. The molecule has 0 aliphatic carbocycles. The number of hydrogen-bond donors (Lipinski definition) is 1. The fourth-order valence-electron chi connectivity index (χ4n) is 4.23. The quantitative estimate of drug-likeness (QED) is 0.281. The first-order chi connectivity index (χ1) is 17.9. The second-order valence-electron chi connectivity index (χ2n) is 9.57. The summed E-state index contributed by atoms with van der Waals surface area (Å²) in [7, 11) is -3.56. The van der Waals surface area contributed by atoms with Crippen molar-refractivity contribution in [3.63, 3.8) is 0 Å². The molecule has 2 aromatic rings. The predicted octanol–water partition coefficient (Wildman–Crippen LogP) is 5.88. The minimum Gasteiger partial charge on any atom is -0.354 e. The monoisotopic (exact) mass is 583 g/mol. The summed E-state index contributed by atoms with van der Waals surface area (Å²) in [6.07, 6.45) is 3.77. The molecule has 10 heteroatoms. The van der Waals surface area contributed by atoms with Crippen LogP contribution in [0.15, 0.2) is 36.4 Å². The van der Waals surface area contributed by atoms with Gasteiger partial charge in [-0.05, 0) is 68.0 Å². The van der Waals surface area contributed by atoms with Crippen LogP contribution in [0.5, 0.6) is 0 Å². The first-order valence-corrected chi connectivity index (χ1v) is 15.6. The van der Waals surface area contributed by atoms with Gasteiger partial charge < -0.3 is 10.2 Å². The SMILES string of the molecule is CCCCNC(=O)[C@H](CC)N(Cc1ccc(Cl)c(Cl)c1)C(=O)CCCN(c1cc(C)ccc1C)S(C)(=O)=O. The van der Waals surface area contributed by atoms with Crippen LogP contribution in [0.4, 0.5) is 5.69 Å². The van der Waals surface area contributed by atoms with Crippen molar-refractivity contribution in [3.8, 4) is 0 Å². The largest absolute Gasteiger partial charge is 0.354 e. The maximum absolute atomic E-state index is 13.5. The van der Waals surface area contributed by atoms with Crippen molar-refractivity contribution in [2.75, 3.05) is 23.7 Å². The molecule has 2 rings (SSSR count). The Morgan fingerprint density at radius 2 is 1.71 bits per heavy atom. The predicted molar refractivity (Wildman–Crippen MR) is 156 cm³/mol. The molecule has 0 bridgehead atoms. The summed E-state index contributed by atoms with van der Waals surface area (Å²) in [5.41, 5.74) is 3.14. The van der Waals surface area contributed by atoms with Gasteiger partial charge in [0.25, 0.3) is 0 Å². The van der Waals surface area contributed by atoms with E-state index in [-0.39, 0.29) is 31.3 Å². The number of aryl methyl sites for hydroxylation is 2. The Balaban J connectivity index is 2.26. The number of carbonyl (C=O) groups excluding carboxylic acids is 2. The van der Waals surface area contributed by atoms with Crippen molar-refractivity contribution < 1.29 is 18.0 Å². The Hall–Kier alpha value is -2.29. The van der Waals surface area contributed by atoms with Crippen LogP contribution in [0.1, 0.15) is 62.6 Å². The third kappa shape index (κ3) is 9.17. The highest BCUT2D eigenvalue weighted by Crippen LogP contribution is 2.26. The van der Waals surface area contributed by atoms with Crippen LogP contribution in [-0.2, 0) is 26.2 Å². The lowest BCUT2D eigenvalue weighted by molar-refractivity contribution is -0.141. The summed E-state index contributed by atoms with van der Waals surface area (Å²) in [5.74, 6) is -0.439. The summed E-state index contributed by atoms with van der Waals surface area (Å²) >= 11 is 12.3. The Morgan fingerprint density at radius 1 is 1.00 bits per heavy atom. The van der Waals surface area contributed by atoms with Crippen LogP contribution in [0.2, 0.25) is 10.0 Å². The Labute approximate surface area is 237 Å².